The van der Waals surface area contributed by atoms with Gasteiger partial charge >= 0.3 is 29.6 Å². The third-order valence-corrected chi connectivity index (χ3v) is 0.662. The van der Waals surface area contributed by atoms with Crippen molar-refractivity contribution in [1.29, 1.82) is 0 Å². The molecule has 2 N–H and O–H groups in total. The minimum absolute atomic E-state index is 0. The van der Waals surface area contributed by atoms with Gasteiger partial charge in [0.1, 0.15) is 0 Å². The summed E-state index contributed by atoms with van der Waals surface area (Å²) in [5.74, 6) is 0. The number of nitrogens with zero attached hydrogens (tertiary/aromatic N) is 4. The average molecular weight is 172 g/mol. The number of hydrogen-bond donors (Lipinski definition) is 2. The van der Waals surface area contributed by atoms with Crippen LogP contribution in [0.1, 0.15) is 0 Å². The third-order valence-electron chi connectivity index (χ3n) is 0.662. The van der Waals surface area contributed by atoms with Crippen LogP contribution in [0.5, 0.6) is 0 Å². The molecule has 0 unspecified atom stereocenters. The van der Waals surface area contributed by atoms with Crippen LogP contribution in [-0.2, 0) is 0 Å². The summed E-state index contributed by atoms with van der Waals surface area (Å²) in [6.45, 7) is 0. The molecule has 8 heteroatoms. The molecule has 6 nitrogen and oxygen atoms in total. The second-order valence-electron chi connectivity index (χ2n) is 1.31. The monoisotopic (exact) mass is 172 g/mol. The summed E-state index contributed by atoms with van der Waals surface area (Å²) in [7, 11) is 0. The fourth-order valence-corrected chi connectivity index (χ4v) is 0.333. The van der Waals surface area contributed by atoms with Crippen molar-refractivity contribution in [1.82, 2.24) is 30.8 Å². The van der Waals surface area contributed by atoms with Crippen LogP contribution in [0.25, 0.3) is 0 Å². The molecule has 0 aliphatic heterocycles. The molecule has 0 atom stereocenters. The number of rotatable bonds is 0. The number of aromatic amines is 2. The van der Waals surface area contributed by atoms with E-state index in [-0.39, 0.29) is 38.0 Å². The Morgan fingerprint density at radius 1 is 0.667 bits per heavy atom. The van der Waals surface area contributed by atoms with E-state index in [2.05, 4.69) is 30.8 Å². The van der Waals surface area contributed by atoms with Crippen LogP contribution < -0.4 is 29.6 Å². The fraction of sp³-hybridized carbons (Fsp3) is 0. The van der Waals surface area contributed by atoms with Gasteiger partial charge < -0.3 is 8.41 Å². The van der Waals surface area contributed by atoms with E-state index in [9.17, 15) is 0 Å². The van der Waals surface area contributed by atoms with Gasteiger partial charge in [0, 0.05) is 0 Å². The van der Waals surface area contributed by atoms with Gasteiger partial charge in [0.2, 0.25) is 0 Å². The smallest absolute Gasteiger partial charge is 1.00 e. The van der Waals surface area contributed by atoms with Crippen LogP contribution in [0, 0.1) is 0 Å². The van der Waals surface area contributed by atoms with E-state index in [0.717, 1.165) is 0 Å². The van der Waals surface area contributed by atoms with Crippen molar-refractivity contribution < 1.29 is 29.6 Å². The number of aromatic nitrogens is 6. The summed E-state index contributed by atoms with van der Waals surface area (Å²) in [6, 6.07) is 0. The first kappa shape index (κ1) is 13.9. The maximum atomic E-state index is 3.49. The Kier molecular flexibility index (Phi) is 12.0. The minimum Gasteiger partial charge on any atom is -1.00 e. The van der Waals surface area contributed by atoms with Gasteiger partial charge in [0.05, 0.1) is 24.8 Å². The van der Waals surface area contributed by atoms with Gasteiger partial charge in [-0.05, 0) is 0 Å². The second kappa shape index (κ2) is 10.3. The van der Waals surface area contributed by atoms with Crippen LogP contribution in [0.2, 0.25) is 0 Å². The molecule has 0 aliphatic rings. The predicted octanol–water partition coefficient (Wildman–Crippen LogP) is -3.77. The molecule has 0 bridgehead atoms. The summed E-state index contributed by atoms with van der Waals surface area (Å²) >= 11 is 0. The molecule has 0 saturated carbocycles. The van der Waals surface area contributed by atoms with Crippen molar-refractivity contribution in [3.63, 3.8) is 0 Å². The van der Waals surface area contributed by atoms with Crippen molar-refractivity contribution in [3.8, 4) is 0 Å². The second-order valence-corrected chi connectivity index (χ2v) is 1.31. The number of nitrogens with one attached hydrogen (secondary N) is 2. The topological polar surface area (TPSA) is 83.1 Å². The third kappa shape index (κ3) is 7.45. The van der Waals surface area contributed by atoms with Crippen molar-refractivity contribution >= 4 is 8.41 Å². The van der Waals surface area contributed by atoms with Crippen LogP contribution in [0.3, 0.4) is 0 Å². The quantitative estimate of drug-likeness (QED) is 0.399. The van der Waals surface area contributed by atoms with Crippen molar-refractivity contribution in [3.05, 3.63) is 24.8 Å². The van der Waals surface area contributed by atoms with E-state index in [1.165, 1.54) is 0 Å². The molecule has 2 aromatic rings. The molecule has 2 rings (SSSR count). The molecular formula is C4H6BN6Na. The summed E-state index contributed by atoms with van der Waals surface area (Å²) in [4.78, 5) is 0. The van der Waals surface area contributed by atoms with Gasteiger partial charge in [-0.1, -0.05) is 0 Å². The van der Waals surface area contributed by atoms with Crippen molar-refractivity contribution in [2.24, 2.45) is 0 Å². The molecule has 0 saturated heterocycles. The molecule has 56 valence electrons. The molecule has 2 aromatic heterocycles. The average Bonchev–Trinajstić information content (AvgIpc) is 2.67. The molecule has 0 aromatic carbocycles. The van der Waals surface area contributed by atoms with Crippen LogP contribution in [0.15, 0.2) is 24.8 Å². The molecule has 4 radical (unpaired) electrons. The zero-order valence-electron chi connectivity index (χ0n) is 6.68. The van der Waals surface area contributed by atoms with Crippen molar-refractivity contribution in [2.45, 2.75) is 0 Å². The van der Waals surface area contributed by atoms with Gasteiger partial charge in [-0.2, -0.15) is 30.8 Å². The van der Waals surface area contributed by atoms with Gasteiger partial charge in [-0.15, -0.1) is 0 Å². The Morgan fingerprint density at radius 2 is 0.917 bits per heavy atom. The molecular weight excluding hydrogens is 166 g/mol. The van der Waals surface area contributed by atoms with E-state index in [1.807, 2.05) is 0 Å². The Labute approximate surface area is 93.4 Å². The Morgan fingerprint density at radius 3 is 1.00 bits per heavy atom. The zero-order valence-corrected chi connectivity index (χ0v) is 8.68. The maximum Gasteiger partial charge on any atom is 1.00 e. The molecule has 0 amide bonds. The predicted molar refractivity (Wildman–Crippen MR) is 38.5 cm³/mol. The molecule has 2 heterocycles. The van der Waals surface area contributed by atoms with Crippen molar-refractivity contribution in [2.75, 3.05) is 0 Å². The van der Waals surface area contributed by atoms with E-state index in [1.54, 1.807) is 24.8 Å². The van der Waals surface area contributed by atoms with Gasteiger partial charge in [0.25, 0.3) is 0 Å². The summed E-state index contributed by atoms with van der Waals surface area (Å²) < 4.78 is 0. The van der Waals surface area contributed by atoms with E-state index < -0.39 is 0 Å². The summed E-state index contributed by atoms with van der Waals surface area (Å²) in [5.41, 5.74) is 0. The Balaban J connectivity index is 0. The van der Waals surface area contributed by atoms with Gasteiger partial charge in [-0.3, -0.25) is 0 Å². The molecule has 0 aliphatic carbocycles. The standard InChI is InChI=1S/2C2H3N3.B.Na/c2*1-2-4-5-3-1;;/h2*1-2H,(H,3,4,5);;/q;;-1;+1. The first-order valence-electron chi connectivity index (χ1n) is 2.59. The number of H-pyrrole nitrogens is 2. The van der Waals surface area contributed by atoms with Crippen LogP contribution in [-0.4, -0.2) is 39.2 Å². The van der Waals surface area contributed by atoms with Gasteiger partial charge in [-0.25, -0.2) is 0 Å². The van der Waals surface area contributed by atoms with E-state index in [0.29, 0.717) is 0 Å². The van der Waals surface area contributed by atoms with E-state index in [4.69, 9.17) is 0 Å². The molecule has 0 spiro atoms. The normalized spacial score (nSPS) is 6.67. The first-order valence-corrected chi connectivity index (χ1v) is 2.59. The summed E-state index contributed by atoms with van der Waals surface area (Å²) in [5, 5.41) is 18.7. The van der Waals surface area contributed by atoms with Crippen LogP contribution >= 0.6 is 0 Å². The zero-order chi connectivity index (χ0) is 7.07. The molecule has 12 heavy (non-hydrogen) atoms. The first-order chi connectivity index (χ1) is 5.00. The SMILES string of the molecule is [B-].[Na+].c1cn[nH]n1.c1cn[nH]n1. The van der Waals surface area contributed by atoms with Gasteiger partial charge in [0.15, 0.2) is 0 Å². The fourth-order valence-electron chi connectivity index (χ4n) is 0.333. The Hall–Kier alpha value is -0.655. The largest absolute Gasteiger partial charge is 1.00 e. The molecule has 0 fully saturated rings. The van der Waals surface area contributed by atoms with Crippen LogP contribution in [0.4, 0.5) is 0 Å². The minimum atomic E-state index is 0. The maximum absolute atomic E-state index is 3.49. The summed E-state index contributed by atoms with van der Waals surface area (Å²) in [6.07, 6.45) is 6.33. The van der Waals surface area contributed by atoms with E-state index >= 15 is 0 Å². The Bertz CT molecular complexity index is 159. The number of hydrogen-bond acceptors (Lipinski definition) is 4.